The molecule has 0 aliphatic rings. The number of benzene rings is 1. The Hall–Kier alpha value is -1.80. The molecule has 0 aliphatic carbocycles. The zero-order valence-corrected chi connectivity index (χ0v) is 11.1. The number of rotatable bonds is 4. The second-order valence-corrected chi connectivity index (χ2v) is 4.99. The Bertz CT molecular complexity index is 640. The van der Waals surface area contributed by atoms with Crippen LogP contribution in [0.15, 0.2) is 22.7 Å². The first-order chi connectivity index (χ1) is 8.60. The molecule has 0 atom stereocenters. The van der Waals surface area contributed by atoms with E-state index in [0.717, 1.165) is 21.1 Å². The number of carboxylic acid groups (broad SMARTS) is 1. The predicted molar refractivity (Wildman–Crippen MR) is 71.3 cm³/mol. The number of H-pyrrole nitrogens is 1. The third kappa shape index (κ3) is 2.71. The lowest BCUT2D eigenvalue weighted by Gasteiger charge is -1.95. The van der Waals surface area contributed by atoms with Crippen LogP contribution in [0.5, 0.6) is 0 Å². The summed E-state index contributed by atoms with van der Waals surface area (Å²) in [7, 11) is 0. The van der Waals surface area contributed by atoms with E-state index in [4.69, 9.17) is 10.4 Å². The predicted octanol–water partition coefficient (Wildman–Crippen LogP) is 3.21. The Morgan fingerprint density at radius 2 is 2.22 bits per heavy atom. The number of nitrogens with zero attached hydrogens (tertiary/aromatic N) is 1. The molecule has 0 saturated heterocycles. The highest BCUT2D eigenvalue weighted by molar-refractivity contribution is 9.10. The van der Waals surface area contributed by atoms with Crippen LogP contribution >= 0.6 is 15.9 Å². The molecule has 1 aromatic carbocycles. The largest absolute Gasteiger partial charge is 0.481 e. The Labute approximate surface area is 112 Å². The van der Waals surface area contributed by atoms with Crippen molar-refractivity contribution in [2.75, 3.05) is 0 Å². The molecule has 4 nitrogen and oxygen atoms in total. The van der Waals surface area contributed by atoms with Crippen molar-refractivity contribution in [2.24, 2.45) is 0 Å². The maximum Gasteiger partial charge on any atom is 0.303 e. The average Bonchev–Trinajstić information content (AvgIpc) is 2.69. The molecule has 0 aliphatic heterocycles. The van der Waals surface area contributed by atoms with Crippen LogP contribution in [0.25, 0.3) is 10.9 Å². The van der Waals surface area contributed by atoms with Gasteiger partial charge in [-0.3, -0.25) is 4.79 Å². The van der Waals surface area contributed by atoms with Gasteiger partial charge >= 0.3 is 5.97 Å². The number of hydrogen-bond donors (Lipinski definition) is 2. The molecule has 2 aromatic rings. The van der Waals surface area contributed by atoms with Crippen LogP contribution < -0.4 is 0 Å². The lowest BCUT2D eigenvalue weighted by Crippen LogP contribution is -1.95. The molecule has 1 heterocycles. The lowest BCUT2D eigenvalue weighted by molar-refractivity contribution is -0.137. The van der Waals surface area contributed by atoms with Crippen LogP contribution in [-0.4, -0.2) is 16.1 Å². The quantitative estimate of drug-likeness (QED) is 0.910. The Balaban J connectivity index is 2.27. The first-order valence-corrected chi connectivity index (χ1v) is 6.32. The highest BCUT2D eigenvalue weighted by atomic mass is 79.9. The minimum atomic E-state index is -0.786. The lowest BCUT2D eigenvalue weighted by atomic mass is 10.1. The number of aliphatic carboxylic acids is 1. The number of carbonyl (C=O) groups is 1. The van der Waals surface area contributed by atoms with Crippen molar-refractivity contribution in [3.05, 3.63) is 33.9 Å². The number of fused-ring (bicyclic) bond motifs is 1. The number of aromatic amines is 1. The van der Waals surface area contributed by atoms with Gasteiger partial charge in [0.2, 0.25) is 0 Å². The first-order valence-electron chi connectivity index (χ1n) is 5.53. The summed E-state index contributed by atoms with van der Waals surface area (Å²) in [6.45, 7) is 0. The van der Waals surface area contributed by atoms with Gasteiger partial charge in [-0.15, -0.1) is 0 Å². The van der Waals surface area contributed by atoms with Gasteiger partial charge in [0.25, 0.3) is 0 Å². The number of nitrogens with one attached hydrogen (secondary N) is 1. The summed E-state index contributed by atoms with van der Waals surface area (Å²) in [5.74, 6) is -0.786. The summed E-state index contributed by atoms with van der Waals surface area (Å²) in [4.78, 5) is 13.6. The van der Waals surface area contributed by atoms with Crippen LogP contribution in [0.4, 0.5) is 0 Å². The third-order valence-corrected chi connectivity index (χ3v) is 3.16. The summed E-state index contributed by atoms with van der Waals surface area (Å²) in [6, 6.07) is 7.81. The van der Waals surface area contributed by atoms with E-state index >= 15 is 0 Å². The first kappa shape index (κ1) is 12.7. The second kappa shape index (κ2) is 5.23. The molecule has 0 fully saturated rings. The monoisotopic (exact) mass is 306 g/mol. The molecular formula is C13H11BrN2O2. The van der Waals surface area contributed by atoms with Crippen molar-refractivity contribution in [2.45, 2.75) is 19.3 Å². The van der Waals surface area contributed by atoms with Crippen molar-refractivity contribution >= 4 is 32.8 Å². The molecule has 2 rings (SSSR count). The van der Waals surface area contributed by atoms with Crippen molar-refractivity contribution in [3.8, 4) is 6.07 Å². The molecule has 0 radical (unpaired) electrons. The number of carboxylic acids is 1. The maximum atomic E-state index is 10.4. The molecule has 92 valence electrons. The van der Waals surface area contributed by atoms with Gasteiger partial charge in [0.05, 0.1) is 11.1 Å². The molecule has 5 heteroatoms. The van der Waals surface area contributed by atoms with E-state index in [0.29, 0.717) is 18.4 Å². The molecule has 0 saturated carbocycles. The number of halogens is 1. The van der Waals surface area contributed by atoms with Crippen LogP contribution in [0, 0.1) is 11.3 Å². The van der Waals surface area contributed by atoms with Gasteiger partial charge < -0.3 is 10.1 Å². The standard InChI is InChI=1S/C13H11BrN2O2/c14-10-4-8-6-11(2-1-3-12(17)18)16-13(8)9(5-10)7-15/h4-6,16H,1-3H2,(H,17,18). The molecule has 0 spiro atoms. The van der Waals surface area contributed by atoms with E-state index < -0.39 is 5.97 Å². The van der Waals surface area contributed by atoms with Gasteiger partial charge in [0, 0.05) is 22.0 Å². The van der Waals surface area contributed by atoms with Crippen molar-refractivity contribution in [3.63, 3.8) is 0 Å². The molecular weight excluding hydrogens is 296 g/mol. The number of aryl methyl sites for hydroxylation is 1. The van der Waals surface area contributed by atoms with Gasteiger partial charge in [0.1, 0.15) is 6.07 Å². The van der Waals surface area contributed by atoms with Gasteiger partial charge in [0.15, 0.2) is 0 Å². The fraction of sp³-hybridized carbons (Fsp3) is 0.231. The van der Waals surface area contributed by atoms with Crippen molar-refractivity contribution in [1.82, 2.24) is 4.98 Å². The highest BCUT2D eigenvalue weighted by Gasteiger charge is 2.07. The Kier molecular flexibility index (Phi) is 3.68. The summed E-state index contributed by atoms with van der Waals surface area (Å²) in [5, 5.41) is 18.6. The van der Waals surface area contributed by atoms with E-state index in [1.165, 1.54) is 0 Å². The van der Waals surface area contributed by atoms with Crippen molar-refractivity contribution in [1.29, 1.82) is 5.26 Å². The summed E-state index contributed by atoms with van der Waals surface area (Å²) < 4.78 is 0.864. The van der Waals surface area contributed by atoms with Gasteiger partial charge in [-0.05, 0) is 31.0 Å². The van der Waals surface area contributed by atoms with E-state index in [9.17, 15) is 4.79 Å². The Morgan fingerprint density at radius 1 is 1.44 bits per heavy atom. The second-order valence-electron chi connectivity index (χ2n) is 4.07. The molecule has 2 N–H and O–H groups in total. The van der Waals surface area contributed by atoms with Gasteiger partial charge in [-0.25, -0.2) is 0 Å². The van der Waals surface area contributed by atoms with Crippen LogP contribution in [0.2, 0.25) is 0 Å². The number of nitriles is 1. The van der Waals surface area contributed by atoms with E-state index in [-0.39, 0.29) is 6.42 Å². The molecule has 0 amide bonds. The zero-order chi connectivity index (χ0) is 13.1. The van der Waals surface area contributed by atoms with Crippen LogP contribution in [0.3, 0.4) is 0 Å². The summed E-state index contributed by atoms with van der Waals surface area (Å²) >= 11 is 3.36. The van der Waals surface area contributed by atoms with E-state index in [1.54, 1.807) is 6.07 Å². The zero-order valence-electron chi connectivity index (χ0n) is 9.53. The summed E-state index contributed by atoms with van der Waals surface area (Å²) in [5.41, 5.74) is 2.36. The summed E-state index contributed by atoms with van der Waals surface area (Å²) in [6.07, 6.45) is 1.42. The average molecular weight is 307 g/mol. The van der Waals surface area contributed by atoms with Crippen LogP contribution in [0.1, 0.15) is 24.1 Å². The third-order valence-electron chi connectivity index (χ3n) is 2.71. The van der Waals surface area contributed by atoms with Gasteiger partial charge in [-0.1, -0.05) is 15.9 Å². The maximum absolute atomic E-state index is 10.4. The van der Waals surface area contributed by atoms with E-state index in [2.05, 4.69) is 27.0 Å². The molecule has 0 bridgehead atoms. The topological polar surface area (TPSA) is 76.9 Å². The smallest absolute Gasteiger partial charge is 0.303 e. The fourth-order valence-electron chi connectivity index (χ4n) is 1.92. The minimum absolute atomic E-state index is 0.157. The van der Waals surface area contributed by atoms with Crippen LogP contribution in [-0.2, 0) is 11.2 Å². The Morgan fingerprint density at radius 3 is 2.89 bits per heavy atom. The minimum Gasteiger partial charge on any atom is -0.481 e. The SMILES string of the molecule is N#Cc1cc(Br)cc2cc(CCCC(=O)O)[nH]c12. The molecule has 0 unspecified atom stereocenters. The normalized spacial score (nSPS) is 10.4. The van der Waals surface area contributed by atoms with Crippen molar-refractivity contribution < 1.29 is 9.90 Å². The highest BCUT2D eigenvalue weighted by Crippen LogP contribution is 2.25. The molecule has 18 heavy (non-hydrogen) atoms. The van der Waals surface area contributed by atoms with Gasteiger partial charge in [-0.2, -0.15) is 5.26 Å². The van der Waals surface area contributed by atoms with E-state index in [1.807, 2.05) is 12.1 Å². The fourth-order valence-corrected chi connectivity index (χ4v) is 2.39. The number of aromatic nitrogens is 1. The number of hydrogen-bond acceptors (Lipinski definition) is 2. The molecule has 1 aromatic heterocycles.